The van der Waals surface area contributed by atoms with E-state index in [2.05, 4.69) is 15.0 Å². The number of ether oxygens (including phenoxy) is 1. The molecule has 3 rings (SSSR count). The minimum absolute atomic E-state index is 0.214. The molecule has 2 aromatic heterocycles. The van der Waals surface area contributed by atoms with Crippen molar-refractivity contribution >= 4 is 11.6 Å². The molecule has 0 aliphatic heterocycles. The Labute approximate surface area is 170 Å². The molecule has 0 aliphatic carbocycles. The lowest BCUT2D eigenvalue weighted by molar-refractivity contribution is -0.291. The lowest BCUT2D eigenvalue weighted by atomic mass is 10.2. The number of nitrogens with zero attached hydrogens (tertiary/aromatic N) is 2. The summed E-state index contributed by atoms with van der Waals surface area (Å²) in [7, 11) is 0. The van der Waals surface area contributed by atoms with Crippen LogP contribution in [0.2, 0.25) is 5.02 Å². The van der Waals surface area contributed by atoms with Crippen LogP contribution in [0, 0.1) is 0 Å². The SMILES string of the molecule is O=c1[nH]c(-c2cnc[nH]2)nc(C(F)(F)C(F)(F)F)c1Oc1ccc(Cl)c(C(F)(F)F)c1. The number of imidazole rings is 1. The molecule has 0 bridgehead atoms. The van der Waals surface area contributed by atoms with Gasteiger partial charge >= 0.3 is 18.3 Å². The summed E-state index contributed by atoms with van der Waals surface area (Å²) >= 11 is 5.42. The van der Waals surface area contributed by atoms with E-state index in [0.717, 1.165) is 18.6 Å². The van der Waals surface area contributed by atoms with Gasteiger partial charge in [-0.05, 0) is 18.2 Å². The molecular formula is C16H7ClF8N4O2. The molecule has 15 heteroatoms. The van der Waals surface area contributed by atoms with Crippen LogP contribution in [0.5, 0.6) is 11.5 Å². The Bertz CT molecular complexity index is 1160. The van der Waals surface area contributed by atoms with Crippen LogP contribution in [0.4, 0.5) is 35.1 Å². The van der Waals surface area contributed by atoms with Gasteiger partial charge in [-0.3, -0.25) is 4.79 Å². The largest absolute Gasteiger partial charge is 0.459 e. The summed E-state index contributed by atoms with van der Waals surface area (Å²) in [6, 6.07) is 1.65. The number of halogens is 9. The van der Waals surface area contributed by atoms with Gasteiger partial charge in [0.1, 0.15) is 11.4 Å². The molecule has 0 atom stereocenters. The fraction of sp³-hybridized carbons (Fsp3) is 0.188. The lowest BCUT2D eigenvalue weighted by Gasteiger charge is -2.21. The highest BCUT2D eigenvalue weighted by molar-refractivity contribution is 6.31. The zero-order valence-electron chi connectivity index (χ0n) is 14.5. The smallest absolute Gasteiger partial charge is 0.449 e. The maximum absolute atomic E-state index is 14.1. The van der Waals surface area contributed by atoms with E-state index in [4.69, 9.17) is 16.3 Å². The van der Waals surface area contributed by atoms with Gasteiger partial charge in [-0.25, -0.2) is 9.97 Å². The van der Waals surface area contributed by atoms with Crippen LogP contribution in [0.15, 0.2) is 35.5 Å². The van der Waals surface area contributed by atoms with Crippen LogP contribution in [0.1, 0.15) is 11.3 Å². The van der Waals surface area contributed by atoms with Gasteiger partial charge in [0.2, 0.25) is 5.75 Å². The standard InChI is InChI=1S/C16H7ClF8N4O2/c17-8-2-1-6(3-7(8)15(20,21)22)31-10-11(14(18,19)16(23,24)25)28-12(29-13(10)30)9-4-26-5-27-9/h1-5H,(H,26,27)(H,28,29,30). The number of aromatic amines is 2. The van der Waals surface area contributed by atoms with Crippen molar-refractivity contribution in [3.63, 3.8) is 0 Å². The molecule has 1 aromatic carbocycles. The monoisotopic (exact) mass is 474 g/mol. The average molecular weight is 475 g/mol. The molecule has 3 aromatic rings. The molecule has 6 nitrogen and oxygen atoms in total. The third-order valence-corrected chi connectivity index (χ3v) is 4.08. The van der Waals surface area contributed by atoms with Crippen molar-refractivity contribution in [1.29, 1.82) is 0 Å². The third kappa shape index (κ3) is 4.33. The number of hydrogen-bond acceptors (Lipinski definition) is 4. The van der Waals surface area contributed by atoms with Gasteiger partial charge in [-0.2, -0.15) is 35.1 Å². The van der Waals surface area contributed by atoms with Gasteiger partial charge in [-0.15, -0.1) is 0 Å². The van der Waals surface area contributed by atoms with Crippen LogP contribution in [0.3, 0.4) is 0 Å². The van der Waals surface area contributed by atoms with Crippen molar-refractivity contribution in [3.05, 3.63) is 57.4 Å². The van der Waals surface area contributed by atoms with Gasteiger partial charge < -0.3 is 14.7 Å². The molecule has 31 heavy (non-hydrogen) atoms. The van der Waals surface area contributed by atoms with Crippen LogP contribution in [-0.2, 0) is 12.1 Å². The van der Waals surface area contributed by atoms with Crippen molar-refractivity contribution in [1.82, 2.24) is 19.9 Å². The first kappa shape index (κ1) is 22.5. The molecule has 166 valence electrons. The Balaban J connectivity index is 2.20. The summed E-state index contributed by atoms with van der Waals surface area (Å²) < 4.78 is 111. The number of H-pyrrole nitrogens is 2. The first-order valence-electron chi connectivity index (χ1n) is 7.84. The van der Waals surface area contributed by atoms with Gasteiger partial charge in [0, 0.05) is 0 Å². The van der Waals surface area contributed by atoms with E-state index in [0.29, 0.717) is 6.07 Å². The summed E-state index contributed by atoms with van der Waals surface area (Å²) in [5.74, 6) is -8.95. The predicted octanol–water partition coefficient (Wildman–Crippen LogP) is 5.28. The van der Waals surface area contributed by atoms with E-state index in [1.807, 2.05) is 4.98 Å². The second-order valence-corrected chi connectivity index (χ2v) is 6.28. The third-order valence-electron chi connectivity index (χ3n) is 3.75. The first-order chi connectivity index (χ1) is 14.2. The quantitative estimate of drug-likeness (QED) is 0.504. The summed E-state index contributed by atoms with van der Waals surface area (Å²) in [6.45, 7) is 0. The molecule has 0 spiro atoms. The molecule has 2 heterocycles. The van der Waals surface area contributed by atoms with E-state index in [9.17, 15) is 39.9 Å². The van der Waals surface area contributed by atoms with Gasteiger partial charge in [-0.1, -0.05) is 11.6 Å². The summed E-state index contributed by atoms with van der Waals surface area (Å²) in [5, 5.41) is -0.790. The highest BCUT2D eigenvalue weighted by Gasteiger charge is 2.62. The van der Waals surface area contributed by atoms with Crippen molar-refractivity contribution < 1.29 is 39.9 Å². The number of alkyl halides is 8. The number of aromatic nitrogens is 4. The van der Waals surface area contributed by atoms with Gasteiger partial charge in [0.05, 0.1) is 23.1 Å². The topological polar surface area (TPSA) is 83.7 Å². The Kier molecular flexibility index (Phi) is 5.46. The first-order valence-corrected chi connectivity index (χ1v) is 8.22. The van der Waals surface area contributed by atoms with Gasteiger partial charge in [0.25, 0.3) is 5.56 Å². The fourth-order valence-corrected chi connectivity index (χ4v) is 2.54. The fourth-order valence-electron chi connectivity index (χ4n) is 2.32. The minimum Gasteiger partial charge on any atom is -0.449 e. The number of rotatable bonds is 4. The summed E-state index contributed by atoms with van der Waals surface area (Å²) in [5.41, 5.74) is -5.44. The van der Waals surface area contributed by atoms with E-state index in [-0.39, 0.29) is 11.8 Å². The Morgan fingerprint density at radius 3 is 2.26 bits per heavy atom. The number of hydrogen-bond donors (Lipinski definition) is 2. The number of benzene rings is 1. The van der Waals surface area contributed by atoms with E-state index < -0.39 is 57.4 Å². The van der Waals surface area contributed by atoms with Crippen molar-refractivity contribution in [2.45, 2.75) is 18.3 Å². The van der Waals surface area contributed by atoms with Crippen LogP contribution >= 0.6 is 11.6 Å². The van der Waals surface area contributed by atoms with Crippen LogP contribution in [-0.4, -0.2) is 26.1 Å². The molecule has 2 N–H and O–H groups in total. The van der Waals surface area contributed by atoms with E-state index in [1.54, 1.807) is 0 Å². The normalized spacial score (nSPS) is 12.8. The second-order valence-electron chi connectivity index (χ2n) is 5.87. The molecule has 0 fully saturated rings. The molecule has 0 saturated carbocycles. The van der Waals surface area contributed by atoms with Gasteiger partial charge in [0.15, 0.2) is 11.5 Å². The van der Waals surface area contributed by atoms with E-state index >= 15 is 0 Å². The Hall–Kier alpha value is -3.16. The highest BCUT2D eigenvalue weighted by atomic mass is 35.5. The summed E-state index contributed by atoms with van der Waals surface area (Å²) in [4.78, 5) is 23.2. The minimum atomic E-state index is -6.20. The molecule has 0 saturated heterocycles. The van der Waals surface area contributed by atoms with Crippen molar-refractivity contribution in [2.75, 3.05) is 0 Å². The maximum Gasteiger partial charge on any atom is 0.459 e. The zero-order chi connectivity index (χ0) is 23.2. The average Bonchev–Trinajstić information content (AvgIpc) is 3.17. The Morgan fingerprint density at radius 2 is 1.71 bits per heavy atom. The van der Waals surface area contributed by atoms with Crippen LogP contribution in [0.25, 0.3) is 11.5 Å². The lowest BCUT2D eigenvalue weighted by Crippen LogP contribution is -2.36. The molecule has 0 unspecified atom stereocenters. The molecule has 0 amide bonds. The summed E-state index contributed by atoms with van der Waals surface area (Å²) in [6.07, 6.45) is -9.19. The molecule has 0 aliphatic rings. The van der Waals surface area contributed by atoms with Crippen molar-refractivity contribution in [3.8, 4) is 23.0 Å². The Morgan fingerprint density at radius 1 is 1.03 bits per heavy atom. The molecular weight excluding hydrogens is 468 g/mol. The maximum atomic E-state index is 14.1. The van der Waals surface area contributed by atoms with E-state index in [1.165, 1.54) is 0 Å². The predicted molar refractivity (Wildman–Crippen MR) is 88.9 cm³/mol. The van der Waals surface area contributed by atoms with Crippen molar-refractivity contribution in [2.24, 2.45) is 0 Å². The highest BCUT2D eigenvalue weighted by Crippen LogP contribution is 2.46. The van der Waals surface area contributed by atoms with Crippen LogP contribution < -0.4 is 10.3 Å². The second kappa shape index (κ2) is 7.51. The number of nitrogens with one attached hydrogen (secondary N) is 2. The molecule has 0 radical (unpaired) electrons. The zero-order valence-corrected chi connectivity index (χ0v) is 15.3.